The zero-order valence-corrected chi connectivity index (χ0v) is 11.3. The van der Waals surface area contributed by atoms with Gasteiger partial charge in [0.2, 0.25) is 0 Å². The van der Waals surface area contributed by atoms with Crippen LogP contribution >= 0.6 is 0 Å². The van der Waals surface area contributed by atoms with E-state index in [4.69, 9.17) is 5.11 Å². The van der Waals surface area contributed by atoms with E-state index >= 15 is 0 Å². The molecule has 0 atom stereocenters. The van der Waals surface area contributed by atoms with Crippen LogP contribution < -0.4 is 0 Å². The third-order valence-electron chi connectivity index (χ3n) is 3.26. The lowest BCUT2D eigenvalue weighted by molar-refractivity contribution is 0.0697. The molecule has 0 aliphatic rings. The fourth-order valence-electron chi connectivity index (χ4n) is 2.20. The van der Waals surface area contributed by atoms with Crippen molar-refractivity contribution in [2.45, 2.75) is 6.54 Å². The molecule has 0 aliphatic heterocycles. The molecule has 0 amide bonds. The van der Waals surface area contributed by atoms with Gasteiger partial charge in [-0.25, -0.2) is 4.79 Å². The molecule has 1 N–H and O–H groups in total. The highest BCUT2D eigenvalue weighted by Gasteiger charge is 2.06. The fraction of sp³-hybridized carbons (Fsp3) is 0.0588. The van der Waals surface area contributed by atoms with Crippen molar-refractivity contribution < 1.29 is 9.90 Å². The predicted octanol–water partition coefficient (Wildman–Crippen LogP) is 3.30. The molecule has 4 heteroatoms. The SMILES string of the molecule is O=C(O)c1cccc(-c2cnn(Cc3ccccc3)c2)c1. The van der Waals surface area contributed by atoms with Crippen molar-refractivity contribution in [3.63, 3.8) is 0 Å². The van der Waals surface area contributed by atoms with Gasteiger partial charge in [0.15, 0.2) is 0 Å². The number of hydrogen-bond donors (Lipinski definition) is 1. The number of nitrogens with zero attached hydrogens (tertiary/aromatic N) is 2. The molecule has 0 spiro atoms. The van der Waals surface area contributed by atoms with Crippen LogP contribution in [-0.4, -0.2) is 20.9 Å². The van der Waals surface area contributed by atoms with Gasteiger partial charge in [-0.2, -0.15) is 5.10 Å². The summed E-state index contributed by atoms with van der Waals surface area (Å²) in [5.41, 5.74) is 3.22. The monoisotopic (exact) mass is 278 g/mol. The molecule has 2 aromatic carbocycles. The van der Waals surface area contributed by atoms with Gasteiger partial charge in [-0.1, -0.05) is 42.5 Å². The first kappa shape index (κ1) is 13.1. The minimum Gasteiger partial charge on any atom is -0.478 e. The van der Waals surface area contributed by atoms with E-state index in [0.29, 0.717) is 6.54 Å². The lowest BCUT2D eigenvalue weighted by Gasteiger charge is -2.01. The van der Waals surface area contributed by atoms with Crippen LogP contribution in [0.25, 0.3) is 11.1 Å². The molecule has 0 saturated carbocycles. The van der Waals surface area contributed by atoms with Crippen molar-refractivity contribution in [2.75, 3.05) is 0 Å². The second-order valence-electron chi connectivity index (χ2n) is 4.80. The molecule has 3 aromatic rings. The maximum absolute atomic E-state index is 11.0. The van der Waals surface area contributed by atoms with Crippen LogP contribution in [0.15, 0.2) is 67.0 Å². The van der Waals surface area contributed by atoms with Crippen LogP contribution in [0, 0.1) is 0 Å². The Kier molecular flexibility index (Phi) is 3.51. The van der Waals surface area contributed by atoms with Gasteiger partial charge in [0.25, 0.3) is 0 Å². The van der Waals surface area contributed by atoms with Crippen molar-refractivity contribution in [3.05, 3.63) is 78.1 Å². The Balaban J connectivity index is 1.85. The molecule has 0 saturated heterocycles. The molecule has 0 bridgehead atoms. The highest BCUT2D eigenvalue weighted by atomic mass is 16.4. The molecule has 21 heavy (non-hydrogen) atoms. The third kappa shape index (κ3) is 3.00. The molecule has 3 rings (SSSR count). The van der Waals surface area contributed by atoms with Crippen LogP contribution in [0.1, 0.15) is 15.9 Å². The second kappa shape index (κ2) is 5.63. The van der Waals surface area contributed by atoms with E-state index in [1.165, 1.54) is 5.56 Å². The van der Waals surface area contributed by atoms with Gasteiger partial charge >= 0.3 is 5.97 Å². The van der Waals surface area contributed by atoms with E-state index in [2.05, 4.69) is 5.10 Å². The van der Waals surface area contributed by atoms with Crippen LogP contribution in [0.5, 0.6) is 0 Å². The molecule has 104 valence electrons. The van der Waals surface area contributed by atoms with Crippen molar-refractivity contribution in [1.29, 1.82) is 0 Å². The molecular formula is C17H14N2O2. The second-order valence-corrected chi connectivity index (χ2v) is 4.80. The Morgan fingerprint density at radius 1 is 1.05 bits per heavy atom. The topological polar surface area (TPSA) is 55.1 Å². The summed E-state index contributed by atoms with van der Waals surface area (Å²) >= 11 is 0. The molecule has 1 heterocycles. The summed E-state index contributed by atoms with van der Waals surface area (Å²) in [6, 6.07) is 16.9. The number of carboxylic acid groups (broad SMARTS) is 1. The van der Waals surface area contributed by atoms with E-state index in [9.17, 15) is 4.79 Å². The number of benzene rings is 2. The van der Waals surface area contributed by atoms with Crippen LogP contribution in [0.3, 0.4) is 0 Å². The Hall–Kier alpha value is -2.88. The molecule has 0 fully saturated rings. The predicted molar refractivity (Wildman–Crippen MR) is 80.2 cm³/mol. The summed E-state index contributed by atoms with van der Waals surface area (Å²) in [5, 5.41) is 13.4. The van der Waals surface area contributed by atoms with Crippen LogP contribution in [-0.2, 0) is 6.54 Å². The average molecular weight is 278 g/mol. The third-order valence-corrected chi connectivity index (χ3v) is 3.26. The molecular weight excluding hydrogens is 264 g/mol. The van der Waals surface area contributed by atoms with E-state index < -0.39 is 5.97 Å². The van der Waals surface area contributed by atoms with Crippen molar-refractivity contribution in [1.82, 2.24) is 9.78 Å². The average Bonchev–Trinajstić information content (AvgIpc) is 2.97. The number of aromatic carboxylic acids is 1. The normalized spacial score (nSPS) is 10.5. The summed E-state index contributed by atoms with van der Waals surface area (Å²) in [5.74, 6) is -0.923. The Labute approximate surface area is 122 Å². The fourth-order valence-corrected chi connectivity index (χ4v) is 2.20. The van der Waals surface area contributed by atoms with Gasteiger partial charge in [0.1, 0.15) is 0 Å². The maximum Gasteiger partial charge on any atom is 0.335 e. The number of carboxylic acids is 1. The minimum absolute atomic E-state index is 0.281. The summed E-state index contributed by atoms with van der Waals surface area (Å²) in [7, 11) is 0. The van der Waals surface area contributed by atoms with E-state index in [1.54, 1.807) is 24.4 Å². The Morgan fingerprint density at radius 2 is 1.86 bits per heavy atom. The smallest absolute Gasteiger partial charge is 0.335 e. The van der Waals surface area contributed by atoms with E-state index in [0.717, 1.165) is 11.1 Å². The van der Waals surface area contributed by atoms with Crippen LogP contribution in [0.4, 0.5) is 0 Å². The molecule has 4 nitrogen and oxygen atoms in total. The zero-order valence-electron chi connectivity index (χ0n) is 11.3. The zero-order chi connectivity index (χ0) is 14.7. The molecule has 0 radical (unpaired) electrons. The minimum atomic E-state index is -0.923. The highest BCUT2D eigenvalue weighted by molar-refractivity contribution is 5.89. The first-order valence-electron chi connectivity index (χ1n) is 6.62. The highest BCUT2D eigenvalue weighted by Crippen LogP contribution is 2.20. The number of carbonyl (C=O) groups is 1. The van der Waals surface area contributed by atoms with Crippen LogP contribution in [0.2, 0.25) is 0 Å². The Morgan fingerprint density at radius 3 is 2.62 bits per heavy atom. The summed E-state index contributed by atoms with van der Waals surface area (Å²) in [6.07, 6.45) is 3.68. The summed E-state index contributed by atoms with van der Waals surface area (Å²) in [6.45, 7) is 0.694. The lowest BCUT2D eigenvalue weighted by atomic mass is 10.1. The van der Waals surface area contributed by atoms with E-state index in [-0.39, 0.29) is 5.56 Å². The summed E-state index contributed by atoms with van der Waals surface area (Å²) in [4.78, 5) is 11.0. The van der Waals surface area contributed by atoms with Crippen molar-refractivity contribution >= 4 is 5.97 Å². The van der Waals surface area contributed by atoms with Gasteiger partial charge in [-0.3, -0.25) is 4.68 Å². The number of rotatable bonds is 4. The maximum atomic E-state index is 11.0. The van der Waals surface area contributed by atoms with Crippen molar-refractivity contribution in [2.24, 2.45) is 0 Å². The number of aromatic nitrogens is 2. The largest absolute Gasteiger partial charge is 0.478 e. The first-order chi connectivity index (χ1) is 10.2. The molecule has 0 unspecified atom stereocenters. The molecule has 1 aromatic heterocycles. The van der Waals surface area contributed by atoms with E-state index in [1.807, 2.05) is 47.3 Å². The summed E-state index contributed by atoms with van der Waals surface area (Å²) < 4.78 is 1.85. The van der Waals surface area contributed by atoms with Crippen molar-refractivity contribution in [3.8, 4) is 11.1 Å². The molecule has 0 aliphatic carbocycles. The quantitative estimate of drug-likeness (QED) is 0.796. The number of hydrogen-bond acceptors (Lipinski definition) is 2. The first-order valence-corrected chi connectivity index (χ1v) is 6.62. The van der Waals surface area contributed by atoms with Gasteiger partial charge in [0, 0.05) is 11.8 Å². The van der Waals surface area contributed by atoms with Gasteiger partial charge in [-0.15, -0.1) is 0 Å². The van der Waals surface area contributed by atoms with Gasteiger partial charge < -0.3 is 5.11 Å². The Bertz CT molecular complexity index is 763. The van der Waals surface area contributed by atoms with Gasteiger partial charge in [-0.05, 0) is 23.3 Å². The van der Waals surface area contributed by atoms with Gasteiger partial charge in [0.05, 0.1) is 18.3 Å². The lowest BCUT2D eigenvalue weighted by Crippen LogP contribution is -1.99. The standard InChI is InChI=1S/C17H14N2O2/c20-17(21)15-8-4-7-14(9-15)16-10-18-19(12-16)11-13-5-2-1-3-6-13/h1-10,12H,11H2,(H,20,21).